The van der Waals surface area contributed by atoms with Crippen molar-refractivity contribution >= 4 is 29.9 Å². The number of halogens is 1. The van der Waals surface area contributed by atoms with Gasteiger partial charge in [0, 0.05) is 45.9 Å². The second-order valence-corrected chi connectivity index (χ2v) is 6.91. The highest BCUT2D eigenvalue weighted by Gasteiger charge is 2.18. The van der Waals surface area contributed by atoms with Gasteiger partial charge in [0.05, 0.1) is 12.7 Å². The van der Waals surface area contributed by atoms with E-state index in [0.717, 1.165) is 64.3 Å². The molecule has 0 spiro atoms. The van der Waals surface area contributed by atoms with Gasteiger partial charge in [0.2, 0.25) is 0 Å². The van der Waals surface area contributed by atoms with Gasteiger partial charge < -0.3 is 25.0 Å². The minimum Gasteiger partial charge on any atom is -0.379 e. The summed E-state index contributed by atoms with van der Waals surface area (Å²) >= 11 is 0. The van der Waals surface area contributed by atoms with E-state index in [9.17, 15) is 0 Å². The number of nitrogens with one attached hydrogen (secondary N) is 2. The molecule has 6 nitrogen and oxygen atoms in total. The summed E-state index contributed by atoms with van der Waals surface area (Å²) in [4.78, 5) is 6.76. The van der Waals surface area contributed by atoms with E-state index in [4.69, 9.17) is 9.47 Å². The molecule has 2 N–H and O–H groups in total. The van der Waals surface area contributed by atoms with Crippen molar-refractivity contribution in [2.24, 2.45) is 4.99 Å². The van der Waals surface area contributed by atoms with E-state index in [-0.39, 0.29) is 24.0 Å². The fourth-order valence-corrected chi connectivity index (χ4v) is 3.47. The number of rotatable bonds is 10. The van der Waals surface area contributed by atoms with Gasteiger partial charge in [-0.15, -0.1) is 24.0 Å². The van der Waals surface area contributed by atoms with Crippen LogP contribution in [0, 0.1) is 0 Å². The van der Waals surface area contributed by atoms with E-state index >= 15 is 0 Å². The van der Waals surface area contributed by atoms with Crippen molar-refractivity contribution in [3.05, 3.63) is 0 Å². The van der Waals surface area contributed by atoms with Gasteiger partial charge in [0.25, 0.3) is 0 Å². The molecule has 1 atom stereocenters. The van der Waals surface area contributed by atoms with Crippen LogP contribution in [-0.4, -0.2) is 76.6 Å². The molecule has 2 rings (SSSR count). The zero-order chi connectivity index (χ0) is 17.0. The fourth-order valence-electron chi connectivity index (χ4n) is 3.47. The maximum atomic E-state index is 5.67. The molecule has 0 aromatic rings. The SMILES string of the molecule is CN=C(NCCCOCC1CCCO1)NCCN(C)C1CCCC1.I. The molecule has 0 amide bonds. The number of hydrogen-bond donors (Lipinski definition) is 2. The molecular formula is C18H37IN4O2. The van der Waals surface area contributed by atoms with Gasteiger partial charge in [-0.05, 0) is 39.2 Å². The third-order valence-electron chi connectivity index (χ3n) is 5.01. The predicted octanol–water partition coefficient (Wildman–Crippen LogP) is 2.23. The Morgan fingerprint density at radius 2 is 1.92 bits per heavy atom. The number of likely N-dealkylation sites (N-methyl/N-ethyl adjacent to an activating group) is 1. The zero-order valence-corrected chi connectivity index (χ0v) is 18.3. The Labute approximate surface area is 170 Å². The standard InChI is InChI=1S/C18H36N4O2.HI/c1-19-18(21-11-12-22(2)16-7-3-4-8-16)20-10-6-13-23-15-17-9-5-14-24-17;/h16-17H,3-15H2,1-2H3,(H2,19,20,21);1H. The Morgan fingerprint density at radius 1 is 1.16 bits per heavy atom. The summed E-state index contributed by atoms with van der Waals surface area (Å²) in [6, 6.07) is 0.780. The highest BCUT2D eigenvalue weighted by atomic mass is 127. The van der Waals surface area contributed by atoms with E-state index < -0.39 is 0 Å². The summed E-state index contributed by atoms with van der Waals surface area (Å²) in [5.41, 5.74) is 0. The normalized spacial score (nSPS) is 21.6. The molecule has 1 saturated carbocycles. The van der Waals surface area contributed by atoms with Crippen LogP contribution in [0.5, 0.6) is 0 Å². The lowest BCUT2D eigenvalue weighted by atomic mass is 10.2. The van der Waals surface area contributed by atoms with Crippen LogP contribution in [-0.2, 0) is 9.47 Å². The molecule has 0 aromatic carbocycles. The molecule has 25 heavy (non-hydrogen) atoms. The summed E-state index contributed by atoms with van der Waals surface area (Å²) in [6.07, 6.45) is 9.11. The second kappa shape index (κ2) is 14.0. The van der Waals surface area contributed by atoms with Crippen molar-refractivity contribution in [2.75, 3.05) is 53.6 Å². The highest BCUT2D eigenvalue weighted by Crippen LogP contribution is 2.21. The highest BCUT2D eigenvalue weighted by molar-refractivity contribution is 14.0. The zero-order valence-electron chi connectivity index (χ0n) is 16.0. The van der Waals surface area contributed by atoms with Gasteiger partial charge in [0.1, 0.15) is 0 Å². The monoisotopic (exact) mass is 468 g/mol. The van der Waals surface area contributed by atoms with E-state index in [2.05, 4.69) is 27.6 Å². The van der Waals surface area contributed by atoms with Gasteiger partial charge in [-0.3, -0.25) is 4.99 Å². The number of hydrogen-bond acceptors (Lipinski definition) is 4. The minimum atomic E-state index is 0. The second-order valence-electron chi connectivity index (χ2n) is 6.91. The summed E-state index contributed by atoms with van der Waals surface area (Å²) in [5.74, 6) is 0.883. The summed E-state index contributed by atoms with van der Waals surface area (Å²) in [5, 5.41) is 6.75. The van der Waals surface area contributed by atoms with Crippen LogP contribution in [0.2, 0.25) is 0 Å². The van der Waals surface area contributed by atoms with Crippen LogP contribution in [0.4, 0.5) is 0 Å². The Bertz CT molecular complexity index is 359. The Balaban J connectivity index is 0.00000312. The molecule has 148 valence electrons. The molecule has 7 heteroatoms. The quantitative estimate of drug-likeness (QED) is 0.223. The summed E-state index contributed by atoms with van der Waals surface area (Å²) in [6.45, 7) is 5.28. The molecule has 0 aromatic heterocycles. The van der Waals surface area contributed by atoms with E-state index in [1.54, 1.807) is 0 Å². The third-order valence-corrected chi connectivity index (χ3v) is 5.01. The van der Waals surface area contributed by atoms with Gasteiger partial charge in [-0.1, -0.05) is 12.8 Å². The van der Waals surface area contributed by atoms with Gasteiger partial charge in [-0.25, -0.2) is 0 Å². The Hall–Kier alpha value is -0.120. The van der Waals surface area contributed by atoms with Crippen molar-refractivity contribution in [3.63, 3.8) is 0 Å². The number of ether oxygens (including phenoxy) is 2. The largest absolute Gasteiger partial charge is 0.379 e. The molecule has 2 aliphatic rings. The van der Waals surface area contributed by atoms with Crippen LogP contribution in [0.1, 0.15) is 44.9 Å². The van der Waals surface area contributed by atoms with Crippen molar-refractivity contribution in [1.29, 1.82) is 0 Å². The van der Waals surface area contributed by atoms with E-state index in [1.807, 2.05) is 7.05 Å². The maximum absolute atomic E-state index is 5.67. The van der Waals surface area contributed by atoms with Crippen LogP contribution < -0.4 is 10.6 Å². The lowest BCUT2D eigenvalue weighted by molar-refractivity contribution is 0.0168. The topological polar surface area (TPSA) is 58.1 Å². The molecule has 1 heterocycles. The molecule has 0 bridgehead atoms. The molecule has 2 fully saturated rings. The van der Waals surface area contributed by atoms with Gasteiger partial charge in [0.15, 0.2) is 5.96 Å². The van der Waals surface area contributed by atoms with E-state index in [1.165, 1.54) is 32.1 Å². The van der Waals surface area contributed by atoms with Crippen LogP contribution >= 0.6 is 24.0 Å². The molecule has 1 saturated heterocycles. The number of guanidine groups is 1. The third kappa shape index (κ3) is 9.40. The summed E-state index contributed by atoms with van der Waals surface area (Å²) < 4.78 is 11.2. The first-order valence-electron chi connectivity index (χ1n) is 9.63. The van der Waals surface area contributed by atoms with Crippen LogP contribution in [0.15, 0.2) is 4.99 Å². The minimum absolute atomic E-state index is 0. The predicted molar refractivity (Wildman–Crippen MR) is 114 cm³/mol. The molecular weight excluding hydrogens is 431 g/mol. The average molecular weight is 468 g/mol. The first-order valence-corrected chi connectivity index (χ1v) is 9.63. The first kappa shape index (κ1) is 22.9. The molecule has 0 radical (unpaired) electrons. The Morgan fingerprint density at radius 3 is 2.60 bits per heavy atom. The average Bonchev–Trinajstić information content (AvgIpc) is 3.29. The van der Waals surface area contributed by atoms with Gasteiger partial charge >= 0.3 is 0 Å². The molecule has 1 aliphatic heterocycles. The first-order chi connectivity index (χ1) is 11.8. The Kier molecular flexibility index (Phi) is 12.8. The smallest absolute Gasteiger partial charge is 0.191 e. The molecule has 1 unspecified atom stereocenters. The molecule has 1 aliphatic carbocycles. The van der Waals surface area contributed by atoms with Crippen molar-refractivity contribution in [3.8, 4) is 0 Å². The van der Waals surface area contributed by atoms with Crippen LogP contribution in [0.3, 0.4) is 0 Å². The lowest BCUT2D eigenvalue weighted by Crippen LogP contribution is -2.42. The van der Waals surface area contributed by atoms with Crippen molar-refractivity contribution in [1.82, 2.24) is 15.5 Å². The van der Waals surface area contributed by atoms with Crippen LogP contribution in [0.25, 0.3) is 0 Å². The van der Waals surface area contributed by atoms with Crippen molar-refractivity contribution in [2.45, 2.75) is 57.1 Å². The number of aliphatic imine (C=N–C) groups is 1. The lowest BCUT2D eigenvalue weighted by Gasteiger charge is -2.24. The maximum Gasteiger partial charge on any atom is 0.191 e. The fraction of sp³-hybridized carbons (Fsp3) is 0.944. The summed E-state index contributed by atoms with van der Waals surface area (Å²) in [7, 11) is 4.06. The van der Waals surface area contributed by atoms with Gasteiger partial charge in [-0.2, -0.15) is 0 Å². The number of nitrogens with zero attached hydrogens (tertiary/aromatic N) is 2. The van der Waals surface area contributed by atoms with Crippen molar-refractivity contribution < 1.29 is 9.47 Å². The van der Waals surface area contributed by atoms with E-state index in [0.29, 0.717) is 6.10 Å².